The summed E-state index contributed by atoms with van der Waals surface area (Å²) in [5, 5.41) is 0.770. The van der Waals surface area contributed by atoms with E-state index in [9.17, 15) is 14.4 Å². The first-order chi connectivity index (χ1) is 14.4. The standard InChI is InChI=1S/C23H21NO6/c1-3-28-17-6-4-16(5-7-17)24-13-15(11-21(24)25)23(27)29-18-8-9-19-14(2)10-22(26)30-20(19)12-18/h4-10,12,15H,3,11,13H2,1-2H3/t15-/m1/s1. The summed E-state index contributed by atoms with van der Waals surface area (Å²) in [4.78, 5) is 38.2. The topological polar surface area (TPSA) is 86.0 Å². The molecule has 1 aromatic heterocycles. The van der Waals surface area contributed by atoms with Crippen LogP contribution in [0.4, 0.5) is 5.69 Å². The zero-order valence-electron chi connectivity index (χ0n) is 16.7. The van der Waals surface area contributed by atoms with Gasteiger partial charge in [-0.25, -0.2) is 4.79 Å². The van der Waals surface area contributed by atoms with Crippen LogP contribution in [-0.4, -0.2) is 25.0 Å². The fourth-order valence-corrected chi connectivity index (χ4v) is 3.57. The molecule has 154 valence electrons. The van der Waals surface area contributed by atoms with Gasteiger partial charge in [0.2, 0.25) is 5.91 Å². The number of carbonyl (C=O) groups excluding carboxylic acids is 2. The highest BCUT2D eigenvalue weighted by molar-refractivity contribution is 5.99. The molecular formula is C23H21NO6. The Labute approximate surface area is 172 Å². The molecule has 0 bridgehead atoms. The second-order valence-electron chi connectivity index (χ2n) is 7.16. The number of ether oxygens (including phenoxy) is 2. The smallest absolute Gasteiger partial charge is 0.336 e. The number of rotatable bonds is 5. The molecule has 0 spiro atoms. The summed E-state index contributed by atoms with van der Waals surface area (Å²) < 4.78 is 16.1. The molecular weight excluding hydrogens is 386 g/mol. The highest BCUT2D eigenvalue weighted by atomic mass is 16.5. The van der Waals surface area contributed by atoms with Crippen LogP contribution in [0, 0.1) is 12.8 Å². The molecule has 0 unspecified atom stereocenters. The van der Waals surface area contributed by atoms with Gasteiger partial charge in [0.25, 0.3) is 0 Å². The van der Waals surface area contributed by atoms with Gasteiger partial charge < -0.3 is 18.8 Å². The molecule has 0 aliphatic carbocycles. The van der Waals surface area contributed by atoms with E-state index in [0.29, 0.717) is 17.9 Å². The van der Waals surface area contributed by atoms with E-state index in [-0.39, 0.29) is 24.6 Å². The number of anilines is 1. The molecule has 1 aliphatic rings. The molecule has 2 aromatic carbocycles. The van der Waals surface area contributed by atoms with Crippen molar-refractivity contribution in [2.45, 2.75) is 20.3 Å². The van der Waals surface area contributed by atoms with Crippen molar-refractivity contribution in [1.29, 1.82) is 0 Å². The second kappa shape index (κ2) is 8.02. The monoisotopic (exact) mass is 407 g/mol. The van der Waals surface area contributed by atoms with Crippen molar-refractivity contribution in [3.63, 3.8) is 0 Å². The van der Waals surface area contributed by atoms with Gasteiger partial charge in [-0.1, -0.05) is 0 Å². The van der Waals surface area contributed by atoms with Crippen molar-refractivity contribution in [3.05, 3.63) is 64.5 Å². The maximum Gasteiger partial charge on any atom is 0.336 e. The van der Waals surface area contributed by atoms with Gasteiger partial charge in [-0.05, 0) is 55.8 Å². The quantitative estimate of drug-likeness (QED) is 0.366. The molecule has 1 amide bonds. The molecule has 0 N–H and O–H groups in total. The molecule has 1 aliphatic heterocycles. The van der Waals surface area contributed by atoms with Crippen molar-refractivity contribution < 1.29 is 23.5 Å². The molecule has 0 saturated carbocycles. The molecule has 7 heteroatoms. The Morgan fingerprint density at radius 3 is 2.57 bits per heavy atom. The lowest BCUT2D eigenvalue weighted by atomic mass is 10.1. The zero-order valence-corrected chi connectivity index (χ0v) is 16.7. The predicted octanol–water partition coefficient (Wildman–Crippen LogP) is 3.46. The van der Waals surface area contributed by atoms with Crippen molar-refractivity contribution in [3.8, 4) is 11.5 Å². The Morgan fingerprint density at radius 2 is 1.83 bits per heavy atom. The average Bonchev–Trinajstić information content (AvgIpc) is 3.10. The number of fused-ring (bicyclic) bond motifs is 1. The van der Waals surface area contributed by atoms with E-state index in [4.69, 9.17) is 13.9 Å². The summed E-state index contributed by atoms with van der Waals surface area (Å²) in [6.07, 6.45) is 0.0772. The number of aryl methyl sites for hydroxylation is 1. The molecule has 1 atom stereocenters. The van der Waals surface area contributed by atoms with Crippen LogP contribution >= 0.6 is 0 Å². The molecule has 1 fully saturated rings. The minimum atomic E-state index is -0.579. The third-order valence-corrected chi connectivity index (χ3v) is 5.06. The van der Waals surface area contributed by atoms with Gasteiger partial charge in [0.15, 0.2) is 0 Å². The summed E-state index contributed by atoms with van der Waals surface area (Å²) in [6.45, 7) is 4.52. The van der Waals surface area contributed by atoms with Crippen LogP contribution < -0.4 is 20.0 Å². The number of benzene rings is 2. The van der Waals surface area contributed by atoms with Crippen LogP contribution in [0.5, 0.6) is 11.5 Å². The maximum atomic E-state index is 12.6. The predicted molar refractivity (Wildman–Crippen MR) is 111 cm³/mol. The van der Waals surface area contributed by atoms with Crippen molar-refractivity contribution in [2.24, 2.45) is 5.92 Å². The van der Waals surface area contributed by atoms with E-state index in [2.05, 4.69) is 0 Å². The molecule has 4 rings (SSSR count). The lowest BCUT2D eigenvalue weighted by Gasteiger charge is -2.17. The van der Waals surface area contributed by atoms with Crippen LogP contribution in [0.2, 0.25) is 0 Å². The summed E-state index contributed by atoms with van der Waals surface area (Å²) in [5.74, 6) is -0.216. The lowest BCUT2D eigenvalue weighted by Crippen LogP contribution is -2.27. The van der Waals surface area contributed by atoms with Crippen LogP contribution in [0.15, 0.2) is 57.7 Å². The Kier molecular flexibility index (Phi) is 5.27. The Hall–Kier alpha value is -3.61. The number of esters is 1. The fraction of sp³-hybridized carbons (Fsp3) is 0.261. The third-order valence-electron chi connectivity index (χ3n) is 5.06. The summed E-state index contributed by atoms with van der Waals surface area (Å²) in [7, 11) is 0. The van der Waals surface area contributed by atoms with Gasteiger partial charge in [-0.2, -0.15) is 0 Å². The van der Waals surface area contributed by atoms with Gasteiger partial charge in [-0.15, -0.1) is 0 Å². The van der Waals surface area contributed by atoms with Crippen molar-refractivity contribution in [2.75, 3.05) is 18.1 Å². The van der Waals surface area contributed by atoms with Crippen molar-refractivity contribution in [1.82, 2.24) is 0 Å². The van der Waals surface area contributed by atoms with Crippen molar-refractivity contribution >= 4 is 28.5 Å². The van der Waals surface area contributed by atoms with E-state index < -0.39 is 17.5 Å². The molecule has 1 saturated heterocycles. The Morgan fingerprint density at radius 1 is 1.10 bits per heavy atom. The van der Waals surface area contributed by atoms with Gasteiger partial charge in [0.1, 0.15) is 17.1 Å². The average molecular weight is 407 g/mol. The van der Waals surface area contributed by atoms with Crippen LogP contribution in [-0.2, 0) is 9.59 Å². The Bertz CT molecular complexity index is 1160. The largest absolute Gasteiger partial charge is 0.494 e. The molecule has 2 heterocycles. The van der Waals surface area contributed by atoms with Gasteiger partial charge in [0.05, 0.1) is 12.5 Å². The summed E-state index contributed by atoms with van der Waals surface area (Å²) in [6, 6.07) is 13.5. The minimum Gasteiger partial charge on any atom is -0.494 e. The maximum absolute atomic E-state index is 12.6. The zero-order chi connectivity index (χ0) is 21.3. The number of carbonyl (C=O) groups is 2. The van der Waals surface area contributed by atoms with E-state index in [1.807, 2.05) is 13.8 Å². The molecule has 30 heavy (non-hydrogen) atoms. The highest BCUT2D eigenvalue weighted by Gasteiger charge is 2.36. The second-order valence-corrected chi connectivity index (χ2v) is 7.16. The first kappa shape index (κ1) is 19.7. The third kappa shape index (κ3) is 3.91. The highest BCUT2D eigenvalue weighted by Crippen LogP contribution is 2.29. The Balaban J connectivity index is 1.47. The van der Waals surface area contributed by atoms with E-state index in [1.165, 1.54) is 12.1 Å². The van der Waals surface area contributed by atoms with Gasteiger partial charge in [0, 0.05) is 36.2 Å². The summed E-state index contributed by atoms with van der Waals surface area (Å²) >= 11 is 0. The van der Waals surface area contributed by atoms with E-state index >= 15 is 0 Å². The normalized spacial score (nSPS) is 16.1. The molecule has 0 radical (unpaired) electrons. The summed E-state index contributed by atoms with van der Waals surface area (Å²) in [5.41, 5.74) is 1.38. The SMILES string of the molecule is CCOc1ccc(N2C[C@H](C(=O)Oc3ccc4c(C)cc(=O)oc4c3)CC2=O)cc1. The van der Waals surface area contributed by atoms with Gasteiger partial charge >= 0.3 is 11.6 Å². The molecule has 3 aromatic rings. The number of hydrogen-bond acceptors (Lipinski definition) is 6. The van der Waals surface area contributed by atoms with Gasteiger partial charge in [-0.3, -0.25) is 9.59 Å². The van der Waals surface area contributed by atoms with E-state index in [1.54, 1.807) is 41.3 Å². The lowest BCUT2D eigenvalue weighted by molar-refractivity contribution is -0.139. The molecule has 7 nitrogen and oxygen atoms in total. The minimum absolute atomic E-state index is 0.0772. The van der Waals surface area contributed by atoms with E-state index in [0.717, 1.165) is 16.7 Å². The fourth-order valence-electron chi connectivity index (χ4n) is 3.57. The number of nitrogens with zero attached hydrogens (tertiary/aromatic N) is 1. The first-order valence-electron chi connectivity index (χ1n) is 9.74. The number of hydrogen-bond donors (Lipinski definition) is 0. The first-order valence-corrected chi connectivity index (χ1v) is 9.74. The van der Waals surface area contributed by atoms with Crippen LogP contribution in [0.25, 0.3) is 11.0 Å². The number of amides is 1. The van der Waals surface area contributed by atoms with Crippen LogP contribution in [0.1, 0.15) is 18.9 Å². The van der Waals surface area contributed by atoms with Crippen LogP contribution in [0.3, 0.4) is 0 Å².